The number of carbonyl (C=O) groups is 1. The Bertz CT molecular complexity index is 1450. The van der Waals surface area contributed by atoms with Crippen LogP contribution in [0, 0.1) is 23.3 Å². The van der Waals surface area contributed by atoms with E-state index in [1.54, 1.807) is 6.33 Å². The van der Waals surface area contributed by atoms with Crippen LogP contribution in [0.1, 0.15) is 79.7 Å². The molecule has 0 fully saturated rings. The molecule has 3 aromatic carbocycles. The maximum Gasteiger partial charge on any atom is 0.162 e. The van der Waals surface area contributed by atoms with Crippen molar-refractivity contribution in [3.05, 3.63) is 84.4 Å². The van der Waals surface area contributed by atoms with Crippen LogP contribution in [0.25, 0.3) is 32.9 Å². The summed E-state index contributed by atoms with van der Waals surface area (Å²) in [4.78, 5) is 20.8. The third kappa shape index (κ3) is 9.58. The van der Waals surface area contributed by atoms with E-state index in [0.717, 1.165) is 59.7 Å². The number of ketones is 1. The van der Waals surface area contributed by atoms with Crippen molar-refractivity contribution in [1.29, 1.82) is 0 Å². The second kappa shape index (κ2) is 15.9. The molecule has 0 saturated heterocycles. The summed E-state index contributed by atoms with van der Waals surface area (Å²) in [6.07, 6.45) is 7.59. The quantitative estimate of drug-likeness (QED) is 0.106. The summed E-state index contributed by atoms with van der Waals surface area (Å²) in [5.74, 6) is 0.547. The van der Waals surface area contributed by atoms with Gasteiger partial charge in [0.1, 0.15) is 6.33 Å². The zero-order valence-electron chi connectivity index (χ0n) is 25.6. The van der Waals surface area contributed by atoms with Crippen LogP contribution in [0.5, 0.6) is 0 Å². The van der Waals surface area contributed by atoms with E-state index in [2.05, 4.69) is 79.3 Å². The standard InChI is InChI=1S/C23H21N2.C13H24O2.Ir/c1-23(2,3)14-16-8-11-20-21(12-16)24-15-25-22(20)19-10-9-17-6-4-5-7-18(17)13-19;1-5-10(6-2)12(14)9-13(15)11(7-3)8-4;/h4-12,15H,14H2,1-3H3;9-11,14H,5-8H2,1-4H3;/q-1;;/b;12-9-;. The number of carbonyl (C=O) groups excluding carboxylic acids is 1. The van der Waals surface area contributed by atoms with Crippen molar-refractivity contribution < 1.29 is 30.0 Å². The fourth-order valence-corrected chi connectivity index (χ4v) is 5.07. The van der Waals surface area contributed by atoms with Gasteiger partial charge >= 0.3 is 0 Å². The van der Waals surface area contributed by atoms with E-state index >= 15 is 0 Å². The first-order chi connectivity index (χ1) is 19.1. The molecule has 0 amide bonds. The Hall–Kier alpha value is -2.88. The molecule has 4 aromatic rings. The average molecular weight is 730 g/mol. The second-order valence-electron chi connectivity index (χ2n) is 11.8. The molecule has 5 heteroatoms. The van der Waals surface area contributed by atoms with Gasteiger partial charge in [0, 0.05) is 43.7 Å². The normalized spacial score (nSPS) is 11.9. The number of aliphatic hydroxyl groups excluding tert-OH is 1. The summed E-state index contributed by atoms with van der Waals surface area (Å²) in [7, 11) is 0. The maximum absolute atomic E-state index is 11.7. The molecule has 0 spiro atoms. The van der Waals surface area contributed by atoms with Gasteiger partial charge in [-0.25, -0.2) is 4.98 Å². The SMILES string of the molecule is CC(C)(C)Cc1ccc2c(-c3[c-]c4ccccc4cc3)ncnc2c1.CCC(CC)C(=O)/C=C(\O)C(CC)CC.[Ir]. The smallest absolute Gasteiger partial charge is 0.162 e. The zero-order valence-corrected chi connectivity index (χ0v) is 28.0. The molecule has 1 aromatic heterocycles. The molecule has 4 nitrogen and oxygen atoms in total. The molecule has 1 radical (unpaired) electrons. The van der Waals surface area contributed by atoms with Gasteiger partial charge in [-0.05, 0) is 54.5 Å². The number of hydrogen-bond donors (Lipinski definition) is 1. The van der Waals surface area contributed by atoms with E-state index in [9.17, 15) is 9.90 Å². The Morgan fingerprint density at radius 1 is 0.902 bits per heavy atom. The number of benzene rings is 3. The second-order valence-corrected chi connectivity index (χ2v) is 11.8. The van der Waals surface area contributed by atoms with Crippen LogP contribution in [0.4, 0.5) is 0 Å². The number of fused-ring (bicyclic) bond motifs is 2. The van der Waals surface area contributed by atoms with Gasteiger partial charge in [-0.15, -0.1) is 29.7 Å². The van der Waals surface area contributed by atoms with E-state index in [-0.39, 0.29) is 48.9 Å². The van der Waals surface area contributed by atoms with Gasteiger partial charge in [0.05, 0.1) is 11.3 Å². The molecule has 4 rings (SSSR count). The third-order valence-corrected chi connectivity index (χ3v) is 7.43. The fraction of sp³-hybridized carbons (Fsp3) is 0.417. The van der Waals surface area contributed by atoms with Gasteiger partial charge in [0.15, 0.2) is 5.78 Å². The van der Waals surface area contributed by atoms with E-state index in [0.29, 0.717) is 0 Å². The maximum atomic E-state index is 11.7. The minimum absolute atomic E-state index is 0. The number of rotatable bonds is 9. The van der Waals surface area contributed by atoms with Crippen LogP contribution in [-0.4, -0.2) is 20.9 Å². The minimum atomic E-state index is 0. The van der Waals surface area contributed by atoms with E-state index < -0.39 is 0 Å². The number of hydrogen-bond acceptors (Lipinski definition) is 4. The summed E-state index contributed by atoms with van der Waals surface area (Å²) >= 11 is 0. The van der Waals surface area contributed by atoms with Crippen molar-refractivity contribution in [2.24, 2.45) is 17.3 Å². The molecule has 0 aliphatic heterocycles. The zero-order chi connectivity index (χ0) is 29.3. The molecular weight excluding hydrogens is 685 g/mol. The largest absolute Gasteiger partial charge is 0.512 e. The third-order valence-electron chi connectivity index (χ3n) is 7.43. The predicted octanol–water partition coefficient (Wildman–Crippen LogP) is 9.71. The van der Waals surface area contributed by atoms with Crippen LogP contribution in [0.3, 0.4) is 0 Å². The van der Waals surface area contributed by atoms with Crippen LogP contribution in [0.2, 0.25) is 0 Å². The van der Waals surface area contributed by atoms with E-state index in [1.807, 2.05) is 39.8 Å². The topological polar surface area (TPSA) is 63.1 Å². The molecule has 0 atom stereocenters. The van der Waals surface area contributed by atoms with Crippen molar-refractivity contribution in [1.82, 2.24) is 9.97 Å². The Morgan fingerprint density at radius 3 is 2.20 bits per heavy atom. The van der Waals surface area contributed by atoms with Gasteiger partial charge in [-0.3, -0.25) is 9.78 Å². The summed E-state index contributed by atoms with van der Waals surface area (Å²) in [6.45, 7) is 14.8. The van der Waals surface area contributed by atoms with Gasteiger partial charge < -0.3 is 5.11 Å². The van der Waals surface area contributed by atoms with Gasteiger partial charge in [0.2, 0.25) is 0 Å². The van der Waals surface area contributed by atoms with Crippen molar-refractivity contribution >= 4 is 27.5 Å². The van der Waals surface area contributed by atoms with Gasteiger partial charge in [-0.1, -0.05) is 89.7 Å². The van der Waals surface area contributed by atoms with Crippen LogP contribution in [-0.2, 0) is 31.3 Å². The Kier molecular flexibility index (Phi) is 13.3. The predicted molar refractivity (Wildman–Crippen MR) is 168 cm³/mol. The van der Waals surface area contributed by atoms with E-state index in [4.69, 9.17) is 0 Å². The van der Waals surface area contributed by atoms with Gasteiger partial charge in [0.25, 0.3) is 0 Å². The van der Waals surface area contributed by atoms with Crippen LogP contribution >= 0.6 is 0 Å². The summed E-state index contributed by atoms with van der Waals surface area (Å²) < 4.78 is 0. The molecule has 0 aliphatic rings. The number of allylic oxidation sites excluding steroid dienone is 2. The van der Waals surface area contributed by atoms with Crippen LogP contribution in [0.15, 0.2) is 72.8 Å². The molecule has 0 bridgehead atoms. The molecule has 221 valence electrons. The molecule has 1 heterocycles. The first-order valence-electron chi connectivity index (χ1n) is 14.7. The average Bonchev–Trinajstić information content (AvgIpc) is 2.93. The molecule has 41 heavy (non-hydrogen) atoms. The Labute approximate surface area is 260 Å². The molecular formula is C36H45IrN2O2-. The van der Waals surface area contributed by atoms with Crippen molar-refractivity contribution in [2.75, 3.05) is 0 Å². The summed E-state index contributed by atoms with van der Waals surface area (Å²) in [5.41, 5.74) is 4.52. The van der Waals surface area contributed by atoms with E-state index in [1.165, 1.54) is 17.0 Å². The molecule has 0 aliphatic carbocycles. The molecule has 0 saturated carbocycles. The van der Waals surface area contributed by atoms with Crippen molar-refractivity contribution in [3.8, 4) is 11.3 Å². The number of nitrogens with zero attached hydrogens (tertiary/aromatic N) is 2. The first kappa shape index (κ1) is 34.3. The number of aromatic nitrogens is 2. The Balaban J connectivity index is 0.000000320. The van der Waals surface area contributed by atoms with Gasteiger partial charge in [-0.2, -0.15) is 0 Å². The summed E-state index contributed by atoms with van der Waals surface area (Å²) in [5, 5.41) is 13.1. The number of aliphatic hydroxyl groups is 1. The monoisotopic (exact) mass is 730 g/mol. The summed E-state index contributed by atoms with van der Waals surface area (Å²) in [6, 6.07) is 22.5. The fourth-order valence-electron chi connectivity index (χ4n) is 5.07. The molecule has 0 unspecified atom stereocenters. The minimum Gasteiger partial charge on any atom is -0.512 e. The van der Waals surface area contributed by atoms with Crippen molar-refractivity contribution in [3.63, 3.8) is 0 Å². The molecule has 1 N–H and O–H groups in total. The Morgan fingerprint density at radius 2 is 1.56 bits per heavy atom. The van der Waals surface area contributed by atoms with Crippen molar-refractivity contribution in [2.45, 2.75) is 80.6 Å². The first-order valence-corrected chi connectivity index (χ1v) is 14.7. The van der Waals surface area contributed by atoms with Crippen LogP contribution < -0.4 is 0 Å².